The van der Waals surface area contributed by atoms with Gasteiger partial charge in [0.1, 0.15) is 5.75 Å². The van der Waals surface area contributed by atoms with E-state index in [1.54, 1.807) is 13.3 Å². The van der Waals surface area contributed by atoms with Gasteiger partial charge in [0.15, 0.2) is 0 Å². The molecule has 3 rings (SSSR count). The van der Waals surface area contributed by atoms with E-state index in [-0.39, 0.29) is 0 Å². The minimum Gasteiger partial charge on any atom is -0.497 e. The van der Waals surface area contributed by atoms with Crippen LogP contribution >= 0.6 is 0 Å². The van der Waals surface area contributed by atoms with Gasteiger partial charge in [-0.15, -0.1) is 0 Å². The fourth-order valence-corrected chi connectivity index (χ4v) is 2.21. The first kappa shape index (κ1) is 11.6. The van der Waals surface area contributed by atoms with Gasteiger partial charge in [-0.2, -0.15) is 5.10 Å². The van der Waals surface area contributed by atoms with E-state index in [0.29, 0.717) is 5.69 Å². The Morgan fingerprint density at radius 3 is 2.89 bits per heavy atom. The molecule has 0 saturated heterocycles. The van der Waals surface area contributed by atoms with Gasteiger partial charge >= 0.3 is 0 Å². The molecule has 19 heavy (non-hydrogen) atoms. The van der Waals surface area contributed by atoms with Crippen molar-refractivity contribution >= 4 is 16.6 Å². The molecular weight excluding hydrogens is 240 g/mol. The van der Waals surface area contributed by atoms with E-state index in [1.807, 2.05) is 23.0 Å². The van der Waals surface area contributed by atoms with Crippen molar-refractivity contribution in [2.75, 3.05) is 12.8 Å². The molecule has 2 aromatic heterocycles. The number of nitrogens with two attached hydrogens (primary N) is 1. The Hall–Kier alpha value is -2.43. The quantitative estimate of drug-likeness (QED) is 0.778. The predicted molar refractivity (Wildman–Crippen MR) is 75.1 cm³/mol. The van der Waals surface area contributed by atoms with E-state index >= 15 is 0 Å². The first-order valence-corrected chi connectivity index (χ1v) is 6.17. The monoisotopic (exact) mass is 256 g/mol. The summed E-state index contributed by atoms with van der Waals surface area (Å²) in [4.78, 5) is 0. The highest BCUT2D eigenvalue weighted by Gasteiger charge is 2.03. The summed E-state index contributed by atoms with van der Waals surface area (Å²) in [6.07, 6.45) is 5.59. The van der Waals surface area contributed by atoms with Gasteiger partial charge in [0.2, 0.25) is 0 Å². The maximum absolute atomic E-state index is 5.65. The van der Waals surface area contributed by atoms with E-state index in [2.05, 4.69) is 28.0 Å². The molecule has 0 bridgehead atoms. The second-order valence-electron chi connectivity index (χ2n) is 4.47. The van der Waals surface area contributed by atoms with E-state index in [0.717, 1.165) is 18.8 Å². The number of hydrogen-bond donors (Lipinski definition) is 1. The van der Waals surface area contributed by atoms with Crippen LogP contribution in [-0.4, -0.2) is 21.5 Å². The molecule has 5 nitrogen and oxygen atoms in total. The van der Waals surface area contributed by atoms with Crippen LogP contribution in [0.15, 0.2) is 42.9 Å². The van der Waals surface area contributed by atoms with Gasteiger partial charge in [0.25, 0.3) is 0 Å². The molecule has 0 saturated carbocycles. The van der Waals surface area contributed by atoms with Crippen LogP contribution in [-0.2, 0) is 13.1 Å². The standard InChI is InChI=1S/C14H16N4O/c1-19-13-2-3-14-11(8-13)4-5-17(14)6-7-18-10-12(15)9-16-18/h2-5,8-10H,6-7,15H2,1H3. The Balaban J connectivity index is 1.81. The predicted octanol–water partition coefficient (Wildman–Crippen LogP) is 2.13. The van der Waals surface area contributed by atoms with Crippen LogP contribution < -0.4 is 10.5 Å². The van der Waals surface area contributed by atoms with Crippen LogP contribution in [0.25, 0.3) is 10.9 Å². The summed E-state index contributed by atoms with van der Waals surface area (Å²) >= 11 is 0. The number of fused-ring (bicyclic) bond motifs is 1. The number of benzene rings is 1. The van der Waals surface area contributed by atoms with Crippen molar-refractivity contribution in [2.24, 2.45) is 0 Å². The van der Waals surface area contributed by atoms with E-state index in [9.17, 15) is 0 Å². The maximum atomic E-state index is 5.65. The number of methoxy groups -OCH3 is 1. The molecular formula is C14H16N4O. The molecule has 1 aromatic carbocycles. The largest absolute Gasteiger partial charge is 0.497 e. The van der Waals surface area contributed by atoms with Crippen molar-refractivity contribution in [3.63, 3.8) is 0 Å². The number of aryl methyl sites for hydroxylation is 2. The van der Waals surface area contributed by atoms with Crippen LogP contribution in [0.2, 0.25) is 0 Å². The van der Waals surface area contributed by atoms with Crippen molar-refractivity contribution in [1.29, 1.82) is 0 Å². The van der Waals surface area contributed by atoms with Gasteiger partial charge in [-0.25, -0.2) is 0 Å². The normalized spacial score (nSPS) is 11.0. The van der Waals surface area contributed by atoms with Gasteiger partial charge < -0.3 is 15.0 Å². The molecule has 0 amide bonds. The number of nitrogen functional groups attached to an aromatic ring is 1. The second kappa shape index (κ2) is 4.68. The molecule has 3 aromatic rings. The topological polar surface area (TPSA) is 58.0 Å². The number of rotatable bonds is 4. The number of hydrogen-bond acceptors (Lipinski definition) is 3. The molecule has 0 fully saturated rings. The summed E-state index contributed by atoms with van der Waals surface area (Å²) in [7, 11) is 1.68. The Bertz CT molecular complexity index is 698. The molecule has 2 heterocycles. The zero-order valence-electron chi connectivity index (χ0n) is 10.8. The molecule has 0 atom stereocenters. The van der Waals surface area contributed by atoms with Crippen LogP contribution in [0, 0.1) is 0 Å². The third-order valence-electron chi connectivity index (χ3n) is 3.20. The van der Waals surface area contributed by atoms with Gasteiger partial charge in [0, 0.05) is 29.8 Å². The summed E-state index contributed by atoms with van der Waals surface area (Å²) in [5, 5.41) is 5.36. The lowest BCUT2D eigenvalue weighted by Crippen LogP contribution is -2.06. The van der Waals surface area contributed by atoms with Crippen molar-refractivity contribution in [1.82, 2.24) is 14.3 Å². The molecule has 0 aliphatic rings. The summed E-state index contributed by atoms with van der Waals surface area (Å²) in [5.41, 5.74) is 7.54. The first-order valence-electron chi connectivity index (χ1n) is 6.17. The van der Waals surface area contributed by atoms with Crippen LogP contribution in [0.5, 0.6) is 5.75 Å². The lowest BCUT2D eigenvalue weighted by Gasteiger charge is -2.06. The molecule has 0 aliphatic heterocycles. The third kappa shape index (κ3) is 2.27. The van der Waals surface area contributed by atoms with Crippen LogP contribution in [0.3, 0.4) is 0 Å². The van der Waals surface area contributed by atoms with Crippen molar-refractivity contribution in [3.8, 4) is 5.75 Å². The fraction of sp³-hybridized carbons (Fsp3) is 0.214. The first-order chi connectivity index (χ1) is 9.26. The SMILES string of the molecule is COc1ccc2c(ccn2CCn2cc(N)cn2)c1. The van der Waals surface area contributed by atoms with E-state index in [4.69, 9.17) is 10.5 Å². The van der Waals surface area contributed by atoms with Crippen molar-refractivity contribution < 1.29 is 4.74 Å². The molecule has 5 heteroatoms. The maximum Gasteiger partial charge on any atom is 0.119 e. The number of anilines is 1. The molecule has 2 N–H and O–H groups in total. The van der Waals surface area contributed by atoms with Crippen molar-refractivity contribution in [2.45, 2.75) is 13.1 Å². The Labute approximate surface area is 111 Å². The smallest absolute Gasteiger partial charge is 0.119 e. The highest BCUT2D eigenvalue weighted by atomic mass is 16.5. The van der Waals surface area contributed by atoms with Gasteiger partial charge in [-0.05, 0) is 24.3 Å². The molecule has 0 spiro atoms. The number of nitrogens with zero attached hydrogens (tertiary/aromatic N) is 3. The summed E-state index contributed by atoms with van der Waals surface area (Å²) in [5.74, 6) is 0.880. The summed E-state index contributed by atoms with van der Waals surface area (Å²) < 4.78 is 9.28. The average molecular weight is 256 g/mol. The molecule has 98 valence electrons. The van der Waals surface area contributed by atoms with Crippen LogP contribution in [0.4, 0.5) is 5.69 Å². The highest BCUT2D eigenvalue weighted by Crippen LogP contribution is 2.21. The Morgan fingerprint density at radius 2 is 2.16 bits per heavy atom. The zero-order valence-corrected chi connectivity index (χ0v) is 10.8. The number of aromatic nitrogens is 3. The summed E-state index contributed by atoms with van der Waals surface area (Å²) in [6.45, 7) is 1.66. The fourth-order valence-electron chi connectivity index (χ4n) is 2.21. The Morgan fingerprint density at radius 1 is 1.26 bits per heavy atom. The average Bonchev–Trinajstić information content (AvgIpc) is 3.02. The van der Waals surface area contributed by atoms with Gasteiger partial charge in [0.05, 0.1) is 25.5 Å². The van der Waals surface area contributed by atoms with E-state index < -0.39 is 0 Å². The minimum absolute atomic E-state index is 0.696. The van der Waals surface area contributed by atoms with Crippen molar-refractivity contribution in [3.05, 3.63) is 42.9 Å². The molecule has 0 aliphatic carbocycles. The lowest BCUT2D eigenvalue weighted by atomic mass is 10.2. The zero-order chi connectivity index (χ0) is 13.2. The molecule has 0 unspecified atom stereocenters. The third-order valence-corrected chi connectivity index (χ3v) is 3.20. The van der Waals surface area contributed by atoms with E-state index in [1.165, 1.54) is 10.9 Å². The summed E-state index contributed by atoms with van der Waals surface area (Å²) in [6, 6.07) is 8.18. The van der Waals surface area contributed by atoms with Gasteiger partial charge in [-0.3, -0.25) is 4.68 Å². The minimum atomic E-state index is 0.696. The highest BCUT2D eigenvalue weighted by molar-refractivity contribution is 5.81. The number of ether oxygens (including phenoxy) is 1. The van der Waals surface area contributed by atoms with Gasteiger partial charge in [-0.1, -0.05) is 0 Å². The molecule has 0 radical (unpaired) electrons. The Kier molecular flexibility index (Phi) is 2.87. The lowest BCUT2D eigenvalue weighted by molar-refractivity contribution is 0.415. The second-order valence-corrected chi connectivity index (χ2v) is 4.47. The van der Waals surface area contributed by atoms with Crippen LogP contribution in [0.1, 0.15) is 0 Å².